The highest BCUT2D eigenvalue weighted by Gasteiger charge is 2.05. The molecule has 0 aromatic carbocycles. The number of rotatable bonds is 6. The number of hydrogen-bond acceptors (Lipinski definition) is 1. The normalized spacial score (nSPS) is 12.7. The van der Waals surface area contributed by atoms with Crippen molar-refractivity contribution in [1.82, 2.24) is 4.98 Å². The molecule has 78 valence electrons. The van der Waals surface area contributed by atoms with Crippen LogP contribution < -0.4 is 0 Å². The maximum Gasteiger partial charge on any atom is 0.0418 e. The van der Waals surface area contributed by atoms with E-state index in [1.54, 1.807) is 0 Å². The molecule has 0 radical (unpaired) electrons. The Morgan fingerprint density at radius 2 is 2.21 bits per heavy atom. The summed E-state index contributed by atoms with van der Waals surface area (Å²) in [5.74, 6) is 0. The molecule has 0 fully saturated rings. The minimum atomic E-state index is 0.247. The highest BCUT2D eigenvalue weighted by Crippen LogP contribution is 2.13. The molecule has 0 aliphatic heterocycles. The zero-order valence-corrected chi connectivity index (χ0v) is 9.50. The van der Waals surface area contributed by atoms with E-state index in [9.17, 15) is 0 Å². The molecular formula is C12H18ClN. The lowest BCUT2D eigenvalue weighted by atomic mass is 10.1. The molecule has 1 aromatic rings. The Hall–Kier alpha value is -0.560. The van der Waals surface area contributed by atoms with Crippen LogP contribution in [0.4, 0.5) is 0 Å². The van der Waals surface area contributed by atoms with Gasteiger partial charge in [-0.3, -0.25) is 4.98 Å². The number of pyridine rings is 1. The van der Waals surface area contributed by atoms with Gasteiger partial charge in [-0.1, -0.05) is 32.3 Å². The van der Waals surface area contributed by atoms with Crippen LogP contribution in [0.25, 0.3) is 0 Å². The molecule has 0 N–H and O–H groups in total. The van der Waals surface area contributed by atoms with Crippen molar-refractivity contribution in [2.45, 2.75) is 44.4 Å². The third-order valence-corrected chi connectivity index (χ3v) is 2.65. The zero-order valence-electron chi connectivity index (χ0n) is 8.75. The van der Waals surface area contributed by atoms with Crippen molar-refractivity contribution < 1.29 is 0 Å². The first-order valence-electron chi connectivity index (χ1n) is 5.37. The summed E-state index contributed by atoms with van der Waals surface area (Å²) in [5.41, 5.74) is 1.10. The Labute approximate surface area is 91.5 Å². The molecule has 1 nitrogen and oxygen atoms in total. The molecule has 0 amide bonds. The monoisotopic (exact) mass is 211 g/mol. The lowest BCUT2D eigenvalue weighted by molar-refractivity contribution is 0.634. The van der Waals surface area contributed by atoms with E-state index in [1.807, 2.05) is 24.4 Å². The molecule has 0 aliphatic carbocycles. The fourth-order valence-corrected chi connectivity index (χ4v) is 1.78. The minimum absolute atomic E-state index is 0.247. The number of alkyl halides is 1. The maximum atomic E-state index is 6.21. The van der Waals surface area contributed by atoms with Crippen LogP contribution in [-0.4, -0.2) is 10.4 Å². The van der Waals surface area contributed by atoms with Crippen LogP contribution in [0.15, 0.2) is 24.4 Å². The maximum absolute atomic E-state index is 6.21. The summed E-state index contributed by atoms with van der Waals surface area (Å²) in [6.07, 6.45) is 7.60. The summed E-state index contributed by atoms with van der Waals surface area (Å²) >= 11 is 6.21. The van der Waals surface area contributed by atoms with Gasteiger partial charge in [-0.25, -0.2) is 0 Å². The fraction of sp³-hybridized carbons (Fsp3) is 0.583. The third kappa shape index (κ3) is 4.61. The summed E-state index contributed by atoms with van der Waals surface area (Å²) in [7, 11) is 0. The highest BCUT2D eigenvalue weighted by molar-refractivity contribution is 6.20. The van der Waals surface area contributed by atoms with Gasteiger partial charge in [0.1, 0.15) is 0 Å². The lowest BCUT2D eigenvalue weighted by Crippen LogP contribution is -2.04. The van der Waals surface area contributed by atoms with Crippen LogP contribution in [0.1, 0.15) is 38.3 Å². The van der Waals surface area contributed by atoms with Gasteiger partial charge in [0.25, 0.3) is 0 Å². The Morgan fingerprint density at radius 3 is 2.86 bits per heavy atom. The van der Waals surface area contributed by atoms with Crippen LogP contribution in [0.5, 0.6) is 0 Å². The zero-order chi connectivity index (χ0) is 10.2. The van der Waals surface area contributed by atoms with E-state index in [0.717, 1.165) is 18.5 Å². The molecule has 1 unspecified atom stereocenters. The predicted octanol–water partition coefficient (Wildman–Crippen LogP) is 3.81. The summed E-state index contributed by atoms with van der Waals surface area (Å²) in [4.78, 5) is 4.26. The molecule has 2 heteroatoms. The first kappa shape index (κ1) is 11.5. The van der Waals surface area contributed by atoms with Crippen molar-refractivity contribution in [2.75, 3.05) is 0 Å². The van der Waals surface area contributed by atoms with Gasteiger partial charge in [-0.05, 0) is 18.6 Å². The third-order valence-electron chi connectivity index (χ3n) is 2.28. The van der Waals surface area contributed by atoms with Crippen molar-refractivity contribution in [3.8, 4) is 0 Å². The summed E-state index contributed by atoms with van der Waals surface area (Å²) < 4.78 is 0. The van der Waals surface area contributed by atoms with Gasteiger partial charge >= 0.3 is 0 Å². The van der Waals surface area contributed by atoms with E-state index < -0.39 is 0 Å². The number of unbranched alkanes of at least 4 members (excludes halogenated alkanes) is 2. The van der Waals surface area contributed by atoms with Crippen molar-refractivity contribution in [3.63, 3.8) is 0 Å². The van der Waals surface area contributed by atoms with Gasteiger partial charge in [-0.15, -0.1) is 11.6 Å². The Bertz CT molecular complexity index is 235. The second-order valence-corrected chi connectivity index (χ2v) is 4.24. The molecule has 0 saturated carbocycles. The topological polar surface area (TPSA) is 12.9 Å². The number of hydrogen-bond donors (Lipinski definition) is 0. The smallest absolute Gasteiger partial charge is 0.0418 e. The van der Waals surface area contributed by atoms with E-state index in [-0.39, 0.29) is 5.38 Å². The Balaban J connectivity index is 2.23. The average Bonchev–Trinajstić information content (AvgIpc) is 2.20. The molecule has 0 bridgehead atoms. The van der Waals surface area contributed by atoms with E-state index in [1.165, 1.54) is 19.3 Å². The van der Waals surface area contributed by atoms with Gasteiger partial charge in [0.2, 0.25) is 0 Å². The van der Waals surface area contributed by atoms with Crippen molar-refractivity contribution in [2.24, 2.45) is 0 Å². The SMILES string of the molecule is CCCCCC(Cl)Cc1ccccn1. The lowest BCUT2D eigenvalue weighted by Gasteiger charge is -2.07. The summed E-state index contributed by atoms with van der Waals surface area (Å²) in [5, 5.41) is 0.247. The predicted molar refractivity (Wildman–Crippen MR) is 61.7 cm³/mol. The molecule has 0 aliphatic rings. The van der Waals surface area contributed by atoms with Crippen LogP contribution in [-0.2, 0) is 6.42 Å². The van der Waals surface area contributed by atoms with E-state index >= 15 is 0 Å². The van der Waals surface area contributed by atoms with Gasteiger partial charge < -0.3 is 0 Å². The summed E-state index contributed by atoms with van der Waals surface area (Å²) in [6.45, 7) is 2.21. The quantitative estimate of drug-likeness (QED) is 0.515. The largest absolute Gasteiger partial charge is 0.261 e. The van der Waals surface area contributed by atoms with Gasteiger partial charge in [0.05, 0.1) is 0 Å². The molecule has 14 heavy (non-hydrogen) atoms. The number of aromatic nitrogens is 1. The molecular weight excluding hydrogens is 194 g/mol. The summed E-state index contributed by atoms with van der Waals surface area (Å²) in [6, 6.07) is 5.98. The Morgan fingerprint density at radius 1 is 1.36 bits per heavy atom. The van der Waals surface area contributed by atoms with Gasteiger partial charge in [0.15, 0.2) is 0 Å². The molecule has 1 rings (SSSR count). The van der Waals surface area contributed by atoms with Crippen molar-refractivity contribution in [3.05, 3.63) is 30.1 Å². The number of nitrogens with zero attached hydrogens (tertiary/aromatic N) is 1. The highest BCUT2D eigenvalue weighted by atomic mass is 35.5. The fourth-order valence-electron chi connectivity index (χ4n) is 1.46. The molecule has 1 atom stereocenters. The van der Waals surface area contributed by atoms with Gasteiger partial charge in [0, 0.05) is 23.7 Å². The molecule has 1 heterocycles. The van der Waals surface area contributed by atoms with E-state index in [0.29, 0.717) is 0 Å². The number of halogens is 1. The van der Waals surface area contributed by atoms with Crippen LogP contribution >= 0.6 is 11.6 Å². The average molecular weight is 212 g/mol. The molecule has 1 aromatic heterocycles. The Kier molecular flexibility index (Phi) is 5.62. The second-order valence-electron chi connectivity index (χ2n) is 3.62. The molecule has 0 saturated heterocycles. The van der Waals surface area contributed by atoms with Crippen molar-refractivity contribution in [1.29, 1.82) is 0 Å². The second kappa shape index (κ2) is 6.83. The first-order chi connectivity index (χ1) is 6.83. The molecule has 0 spiro atoms. The van der Waals surface area contributed by atoms with Crippen LogP contribution in [0.3, 0.4) is 0 Å². The van der Waals surface area contributed by atoms with Gasteiger partial charge in [-0.2, -0.15) is 0 Å². The van der Waals surface area contributed by atoms with Crippen LogP contribution in [0, 0.1) is 0 Å². The van der Waals surface area contributed by atoms with E-state index in [2.05, 4.69) is 11.9 Å². The minimum Gasteiger partial charge on any atom is -0.261 e. The first-order valence-corrected chi connectivity index (χ1v) is 5.80. The van der Waals surface area contributed by atoms with Crippen molar-refractivity contribution >= 4 is 11.6 Å². The van der Waals surface area contributed by atoms with Crippen LogP contribution in [0.2, 0.25) is 0 Å². The standard InChI is InChI=1S/C12H18ClN/c1-2-3-4-7-11(13)10-12-8-5-6-9-14-12/h5-6,8-9,11H,2-4,7,10H2,1H3. The van der Waals surface area contributed by atoms with E-state index in [4.69, 9.17) is 11.6 Å².